The van der Waals surface area contributed by atoms with Gasteiger partial charge in [-0.15, -0.1) is 0 Å². The number of ether oxygens (including phenoxy) is 1. The molecular weight excluding hydrogens is 312 g/mol. The molecule has 0 radical (unpaired) electrons. The van der Waals surface area contributed by atoms with Crippen LogP contribution in [-0.4, -0.2) is 23.8 Å². The molecule has 1 saturated carbocycles. The van der Waals surface area contributed by atoms with Crippen molar-refractivity contribution in [3.63, 3.8) is 0 Å². The van der Waals surface area contributed by atoms with Crippen LogP contribution in [0.5, 0.6) is 0 Å². The number of carbonyl (C=O) groups is 1. The molecule has 0 saturated heterocycles. The van der Waals surface area contributed by atoms with Gasteiger partial charge in [0.15, 0.2) is 0 Å². The van der Waals surface area contributed by atoms with E-state index in [0.717, 1.165) is 24.3 Å². The predicted octanol–water partition coefficient (Wildman–Crippen LogP) is 4.44. The summed E-state index contributed by atoms with van der Waals surface area (Å²) in [5.41, 5.74) is 0.725. The highest BCUT2D eigenvalue weighted by Crippen LogP contribution is 2.24. The molecule has 3 atom stereocenters. The molecule has 23 heavy (non-hydrogen) atoms. The van der Waals surface area contributed by atoms with Crippen molar-refractivity contribution in [1.29, 1.82) is 0 Å². The molecule has 1 aromatic rings. The van der Waals surface area contributed by atoms with E-state index in [1.54, 1.807) is 0 Å². The molecule has 128 valence electrons. The fraction of sp³-hybridized carbons (Fsp3) is 0.611. The third kappa shape index (κ3) is 6.04. The van der Waals surface area contributed by atoms with Gasteiger partial charge in [0.2, 0.25) is 0 Å². The largest absolute Gasteiger partial charge is 0.444 e. The van der Waals surface area contributed by atoms with E-state index in [0.29, 0.717) is 6.04 Å². The van der Waals surface area contributed by atoms with E-state index >= 15 is 0 Å². The van der Waals surface area contributed by atoms with Gasteiger partial charge in [-0.3, -0.25) is 0 Å². The number of rotatable bonds is 4. The first-order chi connectivity index (χ1) is 10.7. The van der Waals surface area contributed by atoms with Crippen LogP contribution < -0.4 is 10.6 Å². The highest BCUT2D eigenvalue weighted by Gasteiger charge is 2.28. The molecule has 2 rings (SSSR count). The summed E-state index contributed by atoms with van der Waals surface area (Å²) >= 11 is 6.05. The van der Waals surface area contributed by atoms with Crippen molar-refractivity contribution in [2.24, 2.45) is 0 Å². The zero-order valence-electron chi connectivity index (χ0n) is 14.4. The first-order valence-electron chi connectivity index (χ1n) is 8.24. The Hall–Kier alpha value is -1.26. The maximum absolute atomic E-state index is 11.8. The molecule has 5 heteroatoms. The van der Waals surface area contributed by atoms with E-state index < -0.39 is 5.60 Å². The lowest BCUT2D eigenvalue weighted by Crippen LogP contribution is -2.39. The minimum Gasteiger partial charge on any atom is -0.444 e. The topological polar surface area (TPSA) is 50.4 Å². The van der Waals surface area contributed by atoms with Gasteiger partial charge in [-0.1, -0.05) is 23.7 Å². The second-order valence-electron chi connectivity index (χ2n) is 7.30. The van der Waals surface area contributed by atoms with Gasteiger partial charge >= 0.3 is 6.09 Å². The Labute approximate surface area is 143 Å². The molecule has 0 heterocycles. The summed E-state index contributed by atoms with van der Waals surface area (Å²) in [6.45, 7) is 7.76. The van der Waals surface area contributed by atoms with Crippen molar-refractivity contribution in [1.82, 2.24) is 10.6 Å². The second kappa shape index (κ2) is 7.54. The summed E-state index contributed by atoms with van der Waals surface area (Å²) in [5.74, 6) is 0. The van der Waals surface area contributed by atoms with Crippen LogP contribution in [0.3, 0.4) is 0 Å². The number of amides is 1. The molecule has 2 N–H and O–H groups in total. The van der Waals surface area contributed by atoms with E-state index in [-0.39, 0.29) is 18.2 Å². The average Bonchev–Trinajstić information content (AvgIpc) is 2.83. The van der Waals surface area contributed by atoms with Gasteiger partial charge in [0, 0.05) is 23.1 Å². The van der Waals surface area contributed by atoms with Crippen molar-refractivity contribution >= 4 is 17.7 Å². The third-order valence-electron chi connectivity index (χ3n) is 3.99. The summed E-state index contributed by atoms with van der Waals surface area (Å²) < 4.78 is 5.31. The van der Waals surface area contributed by atoms with Crippen molar-refractivity contribution in [2.45, 2.75) is 70.7 Å². The number of hydrogen-bond donors (Lipinski definition) is 2. The highest BCUT2D eigenvalue weighted by molar-refractivity contribution is 6.30. The van der Waals surface area contributed by atoms with Crippen molar-refractivity contribution in [2.75, 3.05) is 0 Å². The fourth-order valence-corrected chi connectivity index (χ4v) is 3.16. The minimum absolute atomic E-state index is 0.175. The van der Waals surface area contributed by atoms with Crippen LogP contribution in [0, 0.1) is 0 Å². The first-order valence-corrected chi connectivity index (χ1v) is 8.62. The summed E-state index contributed by atoms with van der Waals surface area (Å²) in [6, 6.07) is 8.72. The van der Waals surface area contributed by atoms with Crippen molar-refractivity contribution < 1.29 is 9.53 Å². The van der Waals surface area contributed by atoms with E-state index in [2.05, 4.69) is 23.6 Å². The number of nitrogens with one attached hydrogen (secondary N) is 2. The standard InChI is InChI=1S/C18H27ClN2O2/c1-12(13-6-5-7-14(19)10-13)20-15-8-9-16(11-15)21-17(22)23-18(2,3)4/h5-7,10,12,15-16,20H,8-9,11H2,1-4H3,(H,21,22)/t12-,15?,16?/m1/s1. The summed E-state index contributed by atoms with van der Waals surface area (Å²) in [4.78, 5) is 11.8. The molecule has 2 unspecified atom stereocenters. The van der Waals surface area contributed by atoms with E-state index in [4.69, 9.17) is 16.3 Å². The van der Waals surface area contributed by atoms with Gasteiger partial charge in [0.25, 0.3) is 0 Å². The van der Waals surface area contributed by atoms with E-state index in [1.807, 2.05) is 39.0 Å². The monoisotopic (exact) mass is 338 g/mol. The molecule has 1 aromatic carbocycles. The van der Waals surface area contributed by atoms with Crippen LogP contribution in [0.15, 0.2) is 24.3 Å². The number of hydrogen-bond acceptors (Lipinski definition) is 3. The van der Waals surface area contributed by atoms with E-state index in [9.17, 15) is 4.79 Å². The van der Waals surface area contributed by atoms with Crippen molar-refractivity contribution in [3.05, 3.63) is 34.9 Å². The summed E-state index contributed by atoms with van der Waals surface area (Å²) in [7, 11) is 0. The van der Waals surface area contributed by atoms with Crippen LogP contribution in [0.4, 0.5) is 4.79 Å². The maximum atomic E-state index is 11.8. The van der Waals surface area contributed by atoms with Crippen LogP contribution in [0.2, 0.25) is 5.02 Å². The molecule has 0 spiro atoms. The first kappa shape index (κ1) is 18.1. The lowest BCUT2D eigenvalue weighted by Gasteiger charge is -2.22. The number of carbonyl (C=O) groups excluding carboxylic acids is 1. The lowest BCUT2D eigenvalue weighted by molar-refractivity contribution is 0.0505. The zero-order chi connectivity index (χ0) is 17.0. The SMILES string of the molecule is C[C@@H](NC1CCC(NC(=O)OC(C)(C)C)C1)c1cccc(Cl)c1. The van der Waals surface area contributed by atoms with Gasteiger partial charge in [-0.05, 0) is 64.7 Å². The fourth-order valence-electron chi connectivity index (χ4n) is 2.96. The summed E-state index contributed by atoms with van der Waals surface area (Å²) in [5, 5.41) is 7.34. The molecule has 1 aliphatic rings. The van der Waals surface area contributed by atoms with Crippen LogP contribution in [-0.2, 0) is 4.74 Å². The van der Waals surface area contributed by atoms with Crippen molar-refractivity contribution in [3.8, 4) is 0 Å². The summed E-state index contributed by atoms with van der Waals surface area (Å²) in [6.07, 6.45) is 2.61. The number of alkyl carbamates (subject to hydrolysis) is 1. The molecule has 1 aliphatic carbocycles. The number of halogens is 1. The molecule has 0 bridgehead atoms. The Bertz CT molecular complexity index is 542. The highest BCUT2D eigenvalue weighted by atomic mass is 35.5. The predicted molar refractivity (Wildman–Crippen MR) is 93.8 cm³/mol. The molecule has 1 amide bonds. The third-order valence-corrected chi connectivity index (χ3v) is 4.22. The molecule has 0 aromatic heterocycles. The Kier molecular flexibility index (Phi) is 5.93. The Balaban J connectivity index is 1.80. The van der Waals surface area contributed by atoms with Gasteiger partial charge in [0.05, 0.1) is 0 Å². The maximum Gasteiger partial charge on any atom is 0.407 e. The van der Waals surface area contributed by atoms with Gasteiger partial charge < -0.3 is 15.4 Å². The minimum atomic E-state index is -0.457. The van der Waals surface area contributed by atoms with Gasteiger partial charge in [-0.25, -0.2) is 4.79 Å². The lowest BCUT2D eigenvalue weighted by atomic mass is 10.1. The van der Waals surface area contributed by atoms with Crippen LogP contribution >= 0.6 is 11.6 Å². The molecule has 1 fully saturated rings. The van der Waals surface area contributed by atoms with Gasteiger partial charge in [-0.2, -0.15) is 0 Å². The molecule has 0 aliphatic heterocycles. The smallest absolute Gasteiger partial charge is 0.407 e. The van der Waals surface area contributed by atoms with Gasteiger partial charge in [0.1, 0.15) is 5.60 Å². The van der Waals surface area contributed by atoms with Crippen LogP contribution in [0.25, 0.3) is 0 Å². The Morgan fingerprint density at radius 3 is 2.65 bits per heavy atom. The normalized spacial score (nSPS) is 22.7. The zero-order valence-corrected chi connectivity index (χ0v) is 15.1. The average molecular weight is 339 g/mol. The quantitative estimate of drug-likeness (QED) is 0.853. The molecular formula is C18H27ClN2O2. The Morgan fingerprint density at radius 1 is 1.30 bits per heavy atom. The van der Waals surface area contributed by atoms with E-state index in [1.165, 1.54) is 5.56 Å². The molecule has 4 nitrogen and oxygen atoms in total. The Morgan fingerprint density at radius 2 is 2.00 bits per heavy atom. The second-order valence-corrected chi connectivity index (χ2v) is 7.73. The number of benzene rings is 1. The van der Waals surface area contributed by atoms with Crippen LogP contribution in [0.1, 0.15) is 58.6 Å².